The molecule has 178 valence electrons. The highest BCUT2D eigenvalue weighted by Gasteiger charge is 2.79. The Morgan fingerprint density at radius 2 is 1.50 bits per heavy atom. The van der Waals surface area contributed by atoms with E-state index in [2.05, 4.69) is 10.3 Å². The summed E-state index contributed by atoms with van der Waals surface area (Å²) in [6.07, 6.45) is 1.75. The van der Waals surface area contributed by atoms with Crippen LogP contribution in [-0.4, -0.2) is 32.5 Å². The molecule has 6 rings (SSSR count). The Kier molecular flexibility index (Phi) is 5.12. The fourth-order valence-corrected chi connectivity index (χ4v) is 5.66. The van der Waals surface area contributed by atoms with Crippen LogP contribution in [-0.2, 0) is 16.9 Å². The second-order valence-electron chi connectivity index (χ2n) is 9.22. The minimum Gasteiger partial charge on any atom is -0.294 e. The van der Waals surface area contributed by atoms with E-state index in [1.54, 1.807) is 64.3 Å². The zero-order chi connectivity index (χ0) is 25.0. The number of hydrogen-bond acceptors (Lipinski definition) is 5. The summed E-state index contributed by atoms with van der Waals surface area (Å²) in [5, 5.41) is 8.62. The third kappa shape index (κ3) is 3.23. The molecule has 1 aliphatic carbocycles. The van der Waals surface area contributed by atoms with Crippen LogP contribution in [0.1, 0.15) is 32.0 Å². The number of rotatable bonds is 6. The molecule has 2 heterocycles. The molecular formula is C28H21ClN4O3. The summed E-state index contributed by atoms with van der Waals surface area (Å²) in [4.78, 5) is 43.5. The van der Waals surface area contributed by atoms with Gasteiger partial charge in [-0.2, -0.15) is 0 Å². The molecule has 1 aliphatic heterocycles. The molecule has 36 heavy (non-hydrogen) atoms. The molecular weight excluding hydrogens is 476 g/mol. The van der Waals surface area contributed by atoms with Gasteiger partial charge in [-0.1, -0.05) is 65.3 Å². The number of aryl methyl sites for hydroxylation is 1. The lowest BCUT2D eigenvalue weighted by atomic mass is 9.90. The molecule has 1 amide bonds. The molecule has 0 radical (unpaired) electrons. The summed E-state index contributed by atoms with van der Waals surface area (Å²) in [7, 11) is 0. The molecule has 4 aromatic rings. The van der Waals surface area contributed by atoms with Gasteiger partial charge in [0.1, 0.15) is 6.67 Å². The average Bonchev–Trinajstić information content (AvgIpc) is 3.34. The minimum absolute atomic E-state index is 0.131. The Morgan fingerprint density at radius 1 is 0.889 bits per heavy atom. The molecule has 3 atom stereocenters. The van der Waals surface area contributed by atoms with E-state index < -0.39 is 17.3 Å². The molecule has 3 unspecified atom stereocenters. The molecule has 3 aromatic carbocycles. The zero-order valence-electron chi connectivity index (χ0n) is 19.3. The van der Waals surface area contributed by atoms with Crippen LogP contribution in [0, 0.1) is 18.8 Å². The predicted octanol–water partition coefficient (Wildman–Crippen LogP) is 4.49. The highest BCUT2D eigenvalue weighted by atomic mass is 35.5. The van der Waals surface area contributed by atoms with E-state index in [4.69, 9.17) is 11.6 Å². The summed E-state index contributed by atoms with van der Waals surface area (Å²) in [5.74, 6) is -2.40. The van der Waals surface area contributed by atoms with Gasteiger partial charge in [-0.15, -0.1) is 5.10 Å². The molecule has 1 fully saturated rings. The van der Waals surface area contributed by atoms with Crippen molar-refractivity contribution >= 4 is 34.8 Å². The second kappa shape index (κ2) is 8.24. The van der Waals surface area contributed by atoms with Gasteiger partial charge in [-0.05, 0) is 42.8 Å². The van der Waals surface area contributed by atoms with Crippen LogP contribution in [0.3, 0.4) is 0 Å². The van der Waals surface area contributed by atoms with Gasteiger partial charge in [0.2, 0.25) is 5.91 Å². The van der Waals surface area contributed by atoms with Crippen LogP contribution in [0.15, 0.2) is 85.1 Å². The normalized spacial score (nSPS) is 22.1. The first-order chi connectivity index (χ1) is 17.4. The van der Waals surface area contributed by atoms with Gasteiger partial charge in [0, 0.05) is 21.8 Å². The van der Waals surface area contributed by atoms with Gasteiger partial charge in [0.25, 0.3) is 0 Å². The van der Waals surface area contributed by atoms with E-state index in [-0.39, 0.29) is 24.1 Å². The monoisotopic (exact) mass is 496 g/mol. The lowest BCUT2D eigenvalue weighted by molar-refractivity contribution is -0.121. The first kappa shape index (κ1) is 22.4. The van der Waals surface area contributed by atoms with Crippen LogP contribution in [0.5, 0.6) is 0 Å². The Balaban J connectivity index is 1.48. The van der Waals surface area contributed by atoms with Crippen molar-refractivity contribution in [2.24, 2.45) is 11.8 Å². The quantitative estimate of drug-likeness (QED) is 0.367. The van der Waals surface area contributed by atoms with Crippen LogP contribution in [0.2, 0.25) is 5.02 Å². The smallest absolute Gasteiger partial charge is 0.240 e. The first-order valence-electron chi connectivity index (χ1n) is 11.6. The van der Waals surface area contributed by atoms with Crippen LogP contribution in [0.4, 0.5) is 5.69 Å². The van der Waals surface area contributed by atoms with E-state index in [0.717, 1.165) is 5.69 Å². The molecule has 7 nitrogen and oxygen atoms in total. The molecule has 2 aliphatic rings. The van der Waals surface area contributed by atoms with Crippen molar-refractivity contribution in [1.29, 1.82) is 0 Å². The Hall–Kier alpha value is -4.10. The van der Waals surface area contributed by atoms with Gasteiger partial charge in [-0.25, -0.2) is 4.68 Å². The molecule has 1 spiro atoms. The van der Waals surface area contributed by atoms with Gasteiger partial charge in [0.15, 0.2) is 11.6 Å². The predicted molar refractivity (Wildman–Crippen MR) is 134 cm³/mol. The van der Waals surface area contributed by atoms with Crippen molar-refractivity contribution in [3.63, 3.8) is 0 Å². The third-order valence-corrected chi connectivity index (χ3v) is 7.39. The number of ketones is 2. The van der Waals surface area contributed by atoms with Crippen molar-refractivity contribution in [1.82, 2.24) is 15.0 Å². The van der Waals surface area contributed by atoms with Gasteiger partial charge >= 0.3 is 0 Å². The van der Waals surface area contributed by atoms with Crippen LogP contribution < -0.4 is 4.90 Å². The number of nitrogens with zero attached hydrogens (tertiary/aromatic N) is 4. The molecule has 0 bridgehead atoms. The SMILES string of the molecule is Cc1cn(CN2C(=O)C3(c4ccccc42)C(C(=O)c2ccccc2)C3C(=O)c2ccc(Cl)cc2)nn1. The maximum Gasteiger partial charge on any atom is 0.240 e. The Morgan fingerprint density at radius 3 is 2.14 bits per heavy atom. The van der Waals surface area contributed by atoms with Crippen molar-refractivity contribution in [3.05, 3.63) is 112 Å². The summed E-state index contributed by atoms with van der Waals surface area (Å²) in [5.41, 5.74) is 1.70. The first-order valence-corrected chi connectivity index (χ1v) is 12.0. The third-order valence-electron chi connectivity index (χ3n) is 7.14. The Bertz CT molecular complexity index is 1520. The van der Waals surface area contributed by atoms with Gasteiger partial charge in [-0.3, -0.25) is 19.3 Å². The fourth-order valence-electron chi connectivity index (χ4n) is 5.54. The number of carbonyl (C=O) groups is 3. The fraction of sp³-hybridized carbons (Fsp3) is 0.179. The number of amides is 1. The number of carbonyl (C=O) groups excluding carboxylic acids is 3. The number of Topliss-reactive ketones (excluding diaryl/α,β-unsaturated/α-hetero) is 2. The largest absolute Gasteiger partial charge is 0.294 e. The van der Waals surface area contributed by atoms with Crippen LogP contribution >= 0.6 is 11.6 Å². The van der Waals surface area contributed by atoms with E-state index in [9.17, 15) is 14.4 Å². The number of fused-ring (bicyclic) bond motifs is 2. The molecule has 0 saturated heterocycles. The summed E-state index contributed by atoms with van der Waals surface area (Å²) in [6.45, 7) is 1.95. The zero-order valence-corrected chi connectivity index (χ0v) is 20.1. The van der Waals surface area contributed by atoms with E-state index in [0.29, 0.717) is 27.4 Å². The van der Waals surface area contributed by atoms with Crippen molar-refractivity contribution in [3.8, 4) is 0 Å². The highest BCUT2D eigenvalue weighted by molar-refractivity contribution is 6.30. The Labute approximate surface area is 212 Å². The molecule has 1 saturated carbocycles. The molecule has 0 N–H and O–H groups in total. The van der Waals surface area contributed by atoms with Crippen molar-refractivity contribution < 1.29 is 14.4 Å². The minimum atomic E-state index is -1.28. The maximum absolute atomic E-state index is 14.2. The lowest BCUT2D eigenvalue weighted by Crippen LogP contribution is -2.36. The lowest BCUT2D eigenvalue weighted by Gasteiger charge is -2.18. The summed E-state index contributed by atoms with van der Waals surface area (Å²) < 4.78 is 1.58. The number of hydrogen-bond donors (Lipinski definition) is 0. The van der Waals surface area contributed by atoms with Crippen LogP contribution in [0.25, 0.3) is 0 Å². The number of halogens is 1. The van der Waals surface area contributed by atoms with Crippen molar-refractivity contribution in [2.75, 3.05) is 4.90 Å². The highest BCUT2D eigenvalue weighted by Crippen LogP contribution is 2.67. The number of para-hydroxylation sites is 1. The topological polar surface area (TPSA) is 85.2 Å². The summed E-state index contributed by atoms with van der Waals surface area (Å²) >= 11 is 6.04. The molecule has 8 heteroatoms. The maximum atomic E-state index is 14.2. The standard InChI is InChI=1S/C28H21ClN4O3/c1-17-15-32(31-30-17)16-33-22-10-6-5-9-21(22)28(27(33)36)23(25(34)18-7-3-2-4-8-18)24(28)26(35)19-11-13-20(29)14-12-19/h2-15,23-24H,16H2,1H3. The van der Waals surface area contributed by atoms with Gasteiger partial charge < -0.3 is 0 Å². The van der Waals surface area contributed by atoms with E-state index >= 15 is 0 Å². The van der Waals surface area contributed by atoms with Gasteiger partial charge in [0.05, 0.1) is 29.1 Å². The second-order valence-corrected chi connectivity index (χ2v) is 9.65. The number of aromatic nitrogens is 3. The van der Waals surface area contributed by atoms with E-state index in [1.807, 2.05) is 37.3 Å². The summed E-state index contributed by atoms with van der Waals surface area (Å²) in [6, 6.07) is 22.8. The van der Waals surface area contributed by atoms with Crippen molar-refractivity contribution in [2.45, 2.75) is 19.0 Å². The number of anilines is 1. The number of benzene rings is 3. The average molecular weight is 497 g/mol. The molecule has 1 aromatic heterocycles. The van der Waals surface area contributed by atoms with E-state index in [1.165, 1.54) is 0 Å².